The molecule has 0 amide bonds. The fourth-order valence-corrected chi connectivity index (χ4v) is 3.69. The first-order chi connectivity index (χ1) is 8.69. The lowest BCUT2D eigenvalue weighted by molar-refractivity contribution is 0.0301. The number of aliphatic hydroxyl groups is 1. The molecule has 2 nitrogen and oxygen atoms in total. The van der Waals surface area contributed by atoms with Gasteiger partial charge in [-0.1, -0.05) is 19.9 Å². The average Bonchev–Trinajstić information content (AvgIpc) is 2.85. The highest BCUT2D eigenvalue weighted by Gasteiger charge is 2.28. The second-order valence-electron chi connectivity index (χ2n) is 5.65. The molecule has 1 aromatic rings. The van der Waals surface area contributed by atoms with Crippen LogP contribution >= 0.6 is 11.3 Å². The van der Waals surface area contributed by atoms with Crippen molar-refractivity contribution < 1.29 is 5.11 Å². The smallest absolute Gasteiger partial charge is 0.0580 e. The minimum atomic E-state index is -0.0846. The summed E-state index contributed by atoms with van der Waals surface area (Å²) in [5.41, 5.74) is 0. The molecule has 3 heteroatoms. The summed E-state index contributed by atoms with van der Waals surface area (Å²) in [6.45, 7) is 7.67. The Kier molecular flexibility index (Phi) is 5.22. The van der Waals surface area contributed by atoms with Crippen molar-refractivity contribution in [3.8, 4) is 0 Å². The first kappa shape index (κ1) is 14.0. The molecule has 0 aliphatic heterocycles. The van der Waals surface area contributed by atoms with E-state index in [0.29, 0.717) is 5.92 Å². The molecule has 102 valence electrons. The van der Waals surface area contributed by atoms with E-state index < -0.39 is 0 Å². The number of hydrogen-bond donors (Lipinski definition) is 1. The lowest BCUT2D eigenvalue weighted by Crippen LogP contribution is -2.38. The summed E-state index contributed by atoms with van der Waals surface area (Å²) in [5, 5.41) is 12.3. The lowest BCUT2D eigenvalue weighted by atomic mass is 9.80. The van der Waals surface area contributed by atoms with Crippen molar-refractivity contribution in [3.63, 3.8) is 0 Å². The third-order valence-corrected chi connectivity index (χ3v) is 4.97. The summed E-state index contributed by atoms with van der Waals surface area (Å²) in [7, 11) is 0. The van der Waals surface area contributed by atoms with Crippen molar-refractivity contribution in [3.05, 3.63) is 22.4 Å². The van der Waals surface area contributed by atoms with Crippen molar-refractivity contribution in [2.24, 2.45) is 11.8 Å². The first-order valence-electron chi connectivity index (χ1n) is 7.11. The number of hydrogen-bond acceptors (Lipinski definition) is 3. The van der Waals surface area contributed by atoms with E-state index in [-0.39, 0.29) is 6.10 Å². The molecule has 18 heavy (non-hydrogen) atoms. The SMILES string of the molecule is CCN(Cc1cccs1)CC1CC(C)CCC1O. The van der Waals surface area contributed by atoms with E-state index >= 15 is 0 Å². The maximum absolute atomic E-state index is 10.1. The molecule has 0 saturated heterocycles. The van der Waals surface area contributed by atoms with Crippen LogP contribution in [0.5, 0.6) is 0 Å². The molecular weight excluding hydrogens is 242 g/mol. The van der Waals surface area contributed by atoms with Gasteiger partial charge in [0.2, 0.25) is 0 Å². The maximum Gasteiger partial charge on any atom is 0.0580 e. The van der Waals surface area contributed by atoms with E-state index in [4.69, 9.17) is 0 Å². The van der Waals surface area contributed by atoms with Crippen LogP contribution in [-0.2, 0) is 6.54 Å². The zero-order valence-corrected chi connectivity index (χ0v) is 12.3. The summed E-state index contributed by atoms with van der Waals surface area (Å²) >= 11 is 1.83. The normalized spacial score (nSPS) is 28.8. The van der Waals surface area contributed by atoms with Crippen LogP contribution in [0, 0.1) is 11.8 Å². The van der Waals surface area contributed by atoms with Gasteiger partial charge in [0.25, 0.3) is 0 Å². The molecule has 0 aromatic carbocycles. The van der Waals surface area contributed by atoms with Gasteiger partial charge in [-0.15, -0.1) is 11.3 Å². The van der Waals surface area contributed by atoms with E-state index in [0.717, 1.165) is 32.0 Å². The Morgan fingerprint density at radius 3 is 2.94 bits per heavy atom. The van der Waals surface area contributed by atoms with E-state index in [9.17, 15) is 5.11 Å². The second-order valence-corrected chi connectivity index (χ2v) is 6.68. The van der Waals surface area contributed by atoms with Gasteiger partial charge in [0.1, 0.15) is 0 Å². The topological polar surface area (TPSA) is 23.5 Å². The molecule has 1 saturated carbocycles. The maximum atomic E-state index is 10.1. The van der Waals surface area contributed by atoms with Gasteiger partial charge in [-0.25, -0.2) is 0 Å². The Labute approximate surface area is 115 Å². The number of nitrogens with zero attached hydrogens (tertiary/aromatic N) is 1. The highest BCUT2D eigenvalue weighted by atomic mass is 32.1. The Balaban J connectivity index is 1.88. The van der Waals surface area contributed by atoms with Crippen molar-refractivity contribution in [2.75, 3.05) is 13.1 Å². The summed E-state index contributed by atoms with van der Waals surface area (Å²) < 4.78 is 0. The van der Waals surface area contributed by atoms with Crippen molar-refractivity contribution >= 4 is 11.3 Å². The Morgan fingerprint density at radius 2 is 2.28 bits per heavy atom. The van der Waals surface area contributed by atoms with E-state index in [1.165, 1.54) is 17.7 Å². The predicted molar refractivity (Wildman–Crippen MR) is 77.8 cm³/mol. The number of rotatable bonds is 5. The predicted octanol–water partition coefficient (Wildman–Crippen LogP) is 3.37. The molecule has 1 aromatic heterocycles. The lowest BCUT2D eigenvalue weighted by Gasteiger charge is -2.35. The molecule has 1 heterocycles. The highest BCUT2D eigenvalue weighted by Crippen LogP contribution is 2.30. The van der Waals surface area contributed by atoms with Gasteiger partial charge in [-0.3, -0.25) is 4.90 Å². The van der Waals surface area contributed by atoms with Crippen molar-refractivity contribution in [1.82, 2.24) is 4.90 Å². The molecular formula is C15H25NOS. The molecule has 0 radical (unpaired) electrons. The summed E-state index contributed by atoms with van der Waals surface area (Å²) in [6, 6.07) is 4.32. The minimum Gasteiger partial charge on any atom is -0.393 e. The van der Waals surface area contributed by atoms with Gasteiger partial charge in [0.15, 0.2) is 0 Å². The van der Waals surface area contributed by atoms with E-state index in [1.54, 1.807) is 0 Å². The monoisotopic (exact) mass is 267 g/mol. The standard InChI is InChI=1S/C15H25NOS/c1-3-16(11-14-5-4-8-18-14)10-13-9-12(2)6-7-15(13)17/h4-5,8,12-13,15,17H,3,6-7,9-11H2,1-2H3. The van der Waals surface area contributed by atoms with Crippen molar-refractivity contribution in [1.29, 1.82) is 0 Å². The van der Waals surface area contributed by atoms with Crippen LogP contribution in [0.3, 0.4) is 0 Å². The quantitative estimate of drug-likeness (QED) is 0.884. The van der Waals surface area contributed by atoms with Crippen LogP contribution in [0.25, 0.3) is 0 Å². The summed E-state index contributed by atoms with van der Waals surface area (Å²) in [6.07, 6.45) is 3.28. The molecule has 1 aliphatic rings. The first-order valence-corrected chi connectivity index (χ1v) is 7.99. The minimum absolute atomic E-state index is 0.0846. The fourth-order valence-electron chi connectivity index (χ4n) is 2.94. The molecule has 0 bridgehead atoms. The number of thiophene rings is 1. The average molecular weight is 267 g/mol. The van der Waals surface area contributed by atoms with Crippen LogP contribution in [0.4, 0.5) is 0 Å². The Morgan fingerprint density at radius 1 is 1.44 bits per heavy atom. The van der Waals surface area contributed by atoms with Crippen LogP contribution in [0.2, 0.25) is 0 Å². The van der Waals surface area contributed by atoms with Crippen LogP contribution < -0.4 is 0 Å². The summed E-state index contributed by atoms with van der Waals surface area (Å²) in [4.78, 5) is 3.90. The van der Waals surface area contributed by atoms with Crippen LogP contribution in [0.1, 0.15) is 38.0 Å². The van der Waals surface area contributed by atoms with Gasteiger partial charge in [-0.2, -0.15) is 0 Å². The van der Waals surface area contributed by atoms with Gasteiger partial charge in [-0.05, 0) is 49.1 Å². The van der Waals surface area contributed by atoms with Gasteiger partial charge >= 0.3 is 0 Å². The fraction of sp³-hybridized carbons (Fsp3) is 0.733. The largest absolute Gasteiger partial charge is 0.393 e. The van der Waals surface area contributed by atoms with Crippen molar-refractivity contribution in [2.45, 2.75) is 45.8 Å². The number of aliphatic hydroxyl groups excluding tert-OH is 1. The molecule has 3 unspecified atom stereocenters. The van der Waals surface area contributed by atoms with Gasteiger partial charge in [0.05, 0.1) is 6.10 Å². The van der Waals surface area contributed by atoms with Crippen LogP contribution in [0.15, 0.2) is 17.5 Å². The third kappa shape index (κ3) is 3.81. The van der Waals surface area contributed by atoms with Crippen LogP contribution in [-0.4, -0.2) is 29.2 Å². The molecule has 1 aliphatic carbocycles. The molecule has 2 rings (SSSR count). The molecule has 3 atom stereocenters. The van der Waals surface area contributed by atoms with Gasteiger partial charge in [0, 0.05) is 18.0 Å². The molecule has 1 fully saturated rings. The van der Waals surface area contributed by atoms with Gasteiger partial charge < -0.3 is 5.11 Å². The third-order valence-electron chi connectivity index (χ3n) is 4.10. The van der Waals surface area contributed by atoms with E-state index in [2.05, 4.69) is 36.3 Å². The van der Waals surface area contributed by atoms with E-state index in [1.807, 2.05) is 11.3 Å². The zero-order chi connectivity index (χ0) is 13.0. The molecule has 0 spiro atoms. The molecule has 1 N–H and O–H groups in total. The highest BCUT2D eigenvalue weighted by molar-refractivity contribution is 7.09. The summed E-state index contributed by atoms with van der Waals surface area (Å²) in [5.74, 6) is 1.24. The Hall–Kier alpha value is -0.380. The second kappa shape index (κ2) is 6.69. The Bertz CT molecular complexity index is 338. The zero-order valence-electron chi connectivity index (χ0n) is 11.5.